The Morgan fingerprint density at radius 1 is 1.00 bits per heavy atom. The van der Waals surface area contributed by atoms with Crippen molar-refractivity contribution in [1.82, 2.24) is 9.88 Å². The molecule has 1 amide bonds. The molecule has 1 aromatic heterocycles. The fourth-order valence-electron chi connectivity index (χ4n) is 3.28. The number of halogens is 2. The third kappa shape index (κ3) is 4.55. The van der Waals surface area contributed by atoms with Crippen molar-refractivity contribution in [3.8, 4) is 5.75 Å². The topological polar surface area (TPSA) is 55.6 Å². The van der Waals surface area contributed by atoms with Crippen LogP contribution in [-0.4, -0.2) is 22.9 Å². The van der Waals surface area contributed by atoms with Gasteiger partial charge in [0.2, 0.25) is 5.89 Å². The minimum absolute atomic E-state index is 0.0411. The van der Waals surface area contributed by atoms with Crippen LogP contribution in [0.2, 0.25) is 0 Å². The molecule has 0 bridgehead atoms. The first kappa shape index (κ1) is 20.5. The van der Waals surface area contributed by atoms with Gasteiger partial charge in [0.15, 0.2) is 17.2 Å². The van der Waals surface area contributed by atoms with Crippen LogP contribution >= 0.6 is 0 Å². The molecule has 0 saturated heterocycles. The number of carbonyl (C=O) groups excluding carboxylic acids is 1. The van der Waals surface area contributed by atoms with Gasteiger partial charge in [0.25, 0.3) is 5.91 Å². The van der Waals surface area contributed by atoms with E-state index in [1.165, 1.54) is 11.0 Å². The van der Waals surface area contributed by atoms with E-state index in [1.807, 2.05) is 37.3 Å². The minimum Gasteiger partial charge on any atom is -0.497 e. The molecule has 0 radical (unpaired) electrons. The smallest absolute Gasteiger partial charge is 0.254 e. The molecule has 158 valence electrons. The summed E-state index contributed by atoms with van der Waals surface area (Å²) in [6, 6.07) is 16.0. The molecular weight excluding hydrogens is 402 g/mol. The van der Waals surface area contributed by atoms with Crippen LogP contribution < -0.4 is 4.74 Å². The number of hydrogen-bond donors (Lipinski definition) is 0. The number of rotatable bonds is 6. The summed E-state index contributed by atoms with van der Waals surface area (Å²) in [4.78, 5) is 19.1. The molecule has 0 N–H and O–H groups in total. The van der Waals surface area contributed by atoms with Gasteiger partial charge in [0.05, 0.1) is 13.7 Å². The van der Waals surface area contributed by atoms with E-state index < -0.39 is 17.5 Å². The highest BCUT2D eigenvalue weighted by molar-refractivity contribution is 5.94. The molecule has 0 fully saturated rings. The highest BCUT2D eigenvalue weighted by Crippen LogP contribution is 2.21. The fraction of sp³-hybridized carbons (Fsp3) is 0.167. The summed E-state index contributed by atoms with van der Waals surface area (Å²) in [5, 5.41) is 0. The van der Waals surface area contributed by atoms with Crippen LogP contribution in [0.3, 0.4) is 0 Å². The first-order chi connectivity index (χ1) is 14.9. The fourth-order valence-corrected chi connectivity index (χ4v) is 3.28. The van der Waals surface area contributed by atoms with E-state index in [9.17, 15) is 13.6 Å². The maximum atomic E-state index is 13.7. The van der Waals surface area contributed by atoms with Crippen molar-refractivity contribution in [2.24, 2.45) is 0 Å². The van der Waals surface area contributed by atoms with Crippen molar-refractivity contribution >= 4 is 17.0 Å². The third-order valence-electron chi connectivity index (χ3n) is 4.90. The van der Waals surface area contributed by atoms with Crippen molar-refractivity contribution in [3.05, 3.63) is 94.9 Å². The Labute approximate surface area is 177 Å². The average molecular weight is 422 g/mol. The van der Waals surface area contributed by atoms with Crippen molar-refractivity contribution in [2.75, 3.05) is 7.11 Å². The van der Waals surface area contributed by atoms with E-state index in [1.54, 1.807) is 19.2 Å². The summed E-state index contributed by atoms with van der Waals surface area (Å²) in [5.74, 6) is -1.50. The number of oxazole rings is 1. The van der Waals surface area contributed by atoms with Gasteiger partial charge in [-0.1, -0.05) is 18.2 Å². The Bertz CT molecular complexity index is 1240. The predicted octanol–water partition coefficient (Wildman–Crippen LogP) is 5.27. The molecule has 0 spiro atoms. The molecule has 5 nitrogen and oxygen atoms in total. The quantitative estimate of drug-likeness (QED) is 0.425. The standard InChI is InChI=1S/C24H20F2N2O3/c1-15-3-10-22-21(11-15)27-23(31-22)14-28(13-16-4-7-18(30-2)8-5-16)24(29)17-6-9-19(25)20(26)12-17/h3-12H,13-14H2,1-2H3. The van der Waals surface area contributed by atoms with Gasteiger partial charge in [0.1, 0.15) is 11.3 Å². The molecule has 0 atom stereocenters. The molecule has 0 aliphatic carbocycles. The minimum atomic E-state index is -1.08. The Kier molecular flexibility index (Phi) is 5.66. The first-order valence-corrected chi connectivity index (χ1v) is 9.66. The lowest BCUT2D eigenvalue weighted by molar-refractivity contribution is 0.0714. The van der Waals surface area contributed by atoms with Crippen molar-refractivity contribution in [3.63, 3.8) is 0 Å². The number of aryl methyl sites for hydroxylation is 1. The molecule has 0 aliphatic heterocycles. The third-order valence-corrected chi connectivity index (χ3v) is 4.90. The zero-order valence-electron chi connectivity index (χ0n) is 17.1. The average Bonchev–Trinajstić information content (AvgIpc) is 3.16. The van der Waals surface area contributed by atoms with Gasteiger partial charge < -0.3 is 14.1 Å². The number of aromatic nitrogens is 1. The van der Waals surface area contributed by atoms with Crippen LogP contribution in [0.1, 0.15) is 27.4 Å². The lowest BCUT2D eigenvalue weighted by Crippen LogP contribution is -2.30. The molecule has 0 aliphatic rings. The molecule has 0 unspecified atom stereocenters. The number of benzene rings is 3. The summed E-state index contributed by atoms with van der Waals surface area (Å²) < 4.78 is 38.0. The summed E-state index contributed by atoms with van der Waals surface area (Å²) in [6.45, 7) is 2.24. The molecule has 4 aromatic rings. The maximum Gasteiger partial charge on any atom is 0.254 e. The van der Waals surface area contributed by atoms with E-state index in [4.69, 9.17) is 9.15 Å². The maximum absolute atomic E-state index is 13.7. The number of methoxy groups -OCH3 is 1. The van der Waals surface area contributed by atoms with Gasteiger partial charge in [-0.05, 0) is 60.5 Å². The van der Waals surface area contributed by atoms with Gasteiger partial charge in [-0.15, -0.1) is 0 Å². The van der Waals surface area contributed by atoms with Gasteiger partial charge in [0, 0.05) is 12.1 Å². The molecule has 7 heteroatoms. The summed E-state index contributed by atoms with van der Waals surface area (Å²) >= 11 is 0. The Morgan fingerprint density at radius 3 is 2.48 bits per heavy atom. The van der Waals surface area contributed by atoms with Crippen LogP contribution in [0, 0.1) is 18.6 Å². The molecule has 0 saturated carbocycles. The number of nitrogens with zero attached hydrogens (tertiary/aromatic N) is 2. The lowest BCUT2D eigenvalue weighted by Gasteiger charge is -2.21. The van der Waals surface area contributed by atoms with Crippen LogP contribution in [0.15, 0.2) is 65.1 Å². The molecule has 4 rings (SSSR count). The number of fused-ring (bicyclic) bond motifs is 1. The Balaban J connectivity index is 1.65. The summed E-state index contributed by atoms with van der Waals surface area (Å²) in [5.41, 5.74) is 3.23. The monoisotopic (exact) mass is 422 g/mol. The zero-order chi connectivity index (χ0) is 22.0. The normalized spacial score (nSPS) is 11.0. The zero-order valence-corrected chi connectivity index (χ0v) is 17.1. The summed E-state index contributed by atoms with van der Waals surface area (Å²) in [6.07, 6.45) is 0. The highest BCUT2D eigenvalue weighted by Gasteiger charge is 2.21. The molecule has 31 heavy (non-hydrogen) atoms. The number of carbonyl (C=O) groups is 1. The second kappa shape index (κ2) is 8.55. The van der Waals surface area contributed by atoms with Crippen LogP contribution in [-0.2, 0) is 13.1 Å². The van der Waals surface area contributed by atoms with E-state index >= 15 is 0 Å². The predicted molar refractivity (Wildman–Crippen MR) is 112 cm³/mol. The SMILES string of the molecule is COc1ccc(CN(Cc2nc3cc(C)ccc3o2)C(=O)c2ccc(F)c(F)c2)cc1. The van der Waals surface area contributed by atoms with Gasteiger partial charge in [-0.25, -0.2) is 13.8 Å². The first-order valence-electron chi connectivity index (χ1n) is 9.66. The van der Waals surface area contributed by atoms with Gasteiger partial charge in [-0.3, -0.25) is 4.79 Å². The second-order valence-electron chi connectivity index (χ2n) is 7.22. The van der Waals surface area contributed by atoms with Crippen molar-refractivity contribution in [1.29, 1.82) is 0 Å². The van der Waals surface area contributed by atoms with E-state index in [-0.39, 0.29) is 18.7 Å². The molecular formula is C24H20F2N2O3. The lowest BCUT2D eigenvalue weighted by atomic mass is 10.1. The molecule has 1 heterocycles. The van der Waals surface area contributed by atoms with E-state index in [0.717, 1.165) is 23.3 Å². The van der Waals surface area contributed by atoms with E-state index in [0.29, 0.717) is 22.7 Å². The number of hydrogen-bond acceptors (Lipinski definition) is 4. The molecule has 3 aromatic carbocycles. The van der Waals surface area contributed by atoms with Crippen molar-refractivity contribution < 1.29 is 22.7 Å². The second-order valence-corrected chi connectivity index (χ2v) is 7.22. The number of amides is 1. The Morgan fingerprint density at radius 2 is 1.77 bits per heavy atom. The van der Waals surface area contributed by atoms with Crippen LogP contribution in [0.25, 0.3) is 11.1 Å². The van der Waals surface area contributed by atoms with Crippen molar-refractivity contribution in [2.45, 2.75) is 20.0 Å². The van der Waals surface area contributed by atoms with Crippen LogP contribution in [0.4, 0.5) is 8.78 Å². The van der Waals surface area contributed by atoms with Crippen LogP contribution in [0.5, 0.6) is 5.75 Å². The highest BCUT2D eigenvalue weighted by atomic mass is 19.2. The van der Waals surface area contributed by atoms with Gasteiger partial charge in [-0.2, -0.15) is 0 Å². The number of ether oxygens (including phenoxy) is 1. The van der Waals surface area contributed by atoms with E-state index in [2.05, 4.69) is 4.98 Å². The summed E-state index contributed by atoms with van der Waals surface area (Å²) in [7, 11) is 1.57. The largest absolute Gasteiger partial charge is 0.497 e. The Hall–Kier alpha value is -3.74. The van der Waals surface area contributed by atoms with Gasteiger partial charge >= 0.3 is 0 Å².